The Labute approximate surface area is 80.1 Å². The van der Waals surface area contributed by atoms with Crippen LogP contribution in [0.4, 0.5) is 5.69 Å². The minimum Gasteiger partial charge on any atom is -0.399 e. The minimum absolute atomic E-state index is 0.910. The maximum atomic E-state index is 5.77. The fourth-order valence-corrected chi connectivity index (χ4v) is 1.56. The van der Waals surface area contributed by atoms with E-state index in [0.29, 0.717) is 0 Å². The first kappa shape index (κ1) is 10.1. The van der Waals surface area contributed by atoms with Gasteiger partial charge in [-0.2, -0.15) is 0 Å². The molecule has 0 saturated heterocycles. The maximum Gasteiger partial charge on any atom is 0.0347 e. The Balaban J connectivity index is 0.000000396. The molecule has 3 N–H and O–H groups in total. The molecule has 0 aliphatic carbocycles. The molecule has 13 heavy (non-hydrogen) atoms. The van der Waals surface area contributed by atoms with Crippen LogP contribution in [-0.4, -0.2) is 0 Å². The summed E-state index contributed by atoms with van der Waals surface area (Å²) in [5, 5.41) is 3.30. The zero-order chi connectivity index (χ0) is 9.84. The Hall–Kier alpha value is -1.02. The fourth-order valence-electron chi connectivity index (χ4n) is 1.56. The zero-order valence-electron chi connectivity index (χ0n) is 8.65. The van der Waals surface area contributed by atoms with Crippen LogP contribution in [0.25, 0.3) is 0 Å². The molecule has 2 heteroatoms. The summed E-state index contributed by atoms with van der Waals surface area (Å²) in [5.74, 6) is 0. The smallest absolute Gasteiger partial charge is 0.0347 e. The summed E-state index contributed by atoms with van der Waals surface area (Å²) >= 11 is 0. The van der Waals surface area contributed by atoms with Crippen LogP contribution >= 0.6 is 0 Å². The van der Waals surface area contributed by atoms with Crippen LogP contribution in [0.1, 0.15) is 30.5 Å². The second-order valence-corrected chi connectivity index (χ2v) is 3.02. The SMILES string of the molecule is CC.Cc1c(N)ccc2c1CNC2. The van der Waals surface area contributed by atoms with Crippen LogP contribution in [0, 0.1) is 6.92 Å². The lowest BCUT2D eigenvalue weighted by molar-refractivity contribution is 0.763. The van der Waals surface area contributed by atoms with Crippen molar-refractivity contribution in [2.24, 2.45) is 0 Å². The fraction of sp³-hybridized carbons (Fsp3) is 0.455. The highest BCUT2D eigenvalue weighted by atomic mass is 14.9. The number of rotatable bonds is 0. The molecule has 0 amide bonds. The van der Waals surface area contributed by atoms with E-state index >= 15 is 0 Å². The van der Waals surface area contributed by atoms with Gasteiger partial charge in [-0.3, -0.25) is 0 Å². The first-order valence-corrected chi connectivity index (χ1v) is 4.86. The minimum atomic E-state index is 0.910. The van der Waals surface area contributed by atoms with Crippen molar-refractivity contribution in [1.82, 2.24) is 5.32 Å². The maximum absolute atomic E-state index is 5.77. The van der Waals surface area contributed by atoms with Gasteiger partial charge in [0.2, 0.25) is 0 Å². The van der Waals surface area contributed by atoms with E-state index in [2.05, 4.69) is 18.3 Å². The van der Waals surface area contributed by atoms with E-state index in [1.54, 1.807) is 0 Å². The molecule has 1 aliphatic heterocycles. The summed E-state index contributed by atoms with van der Waals surface area (Å²) in [6, 6.07) is 4.10. The molecule has 1 aromatic carbocycles. The molecule has 2 rings (SSSR count). The molecule has 0 atom stereocenters. The van der Waals surface area contributed by atoms with E-state index in [0.717, 1.165) is 18.8 Å². The van der Waals surface area contributed by atoms with Gasteiger partial charge in [-0.25, -0.2) is 0 Å². The van der Waals surface area contributed by atoms with Gasteiger partial charge in [0.05, 0.1) is 0 Å². The zero-order valence-corrected chi connectivity index (χ0v) is 8.65. The Morgan fingerprint density at radius 3 is 2.62 bits per heavy atom. The number of anilines is 1. The third-order valence-corrected chi connectivity index (χ3v) is 2.35. The van der Waals surface area contributed by atoms with E-state index < -0.39 is 0 Å². The van der Waals surface area contributed by atoms with Gasteiger partial charge in [-0.1, -0.05) is 19.9 Å². The average Bonchev–Trinajstić information content (AvgIpc) is 2.63. The number of hydrogen-bond donors (Lipinski definition) is 2. The summed E-state index contributed by atoms with van der Waals surface area (Å²) in [6.07, 6.45) is 0. The number of nitrogen functional groups attached to an aromatic ring is 1. The third-order valence-electron chi connectivity index (χ3n) is 2.35. The molecule has 0 radical (unpaired) electrons. The first-order valence-electron chi connectivity index (χ1n) is 4.86. The quantitative estimate of drug-likeness (QED) is 0.598. The summed E-state index contributed by atoms with van der Waals surface area (Å²) in [7, 11) is 0. The topological polar surface area (TPSA) is 38.0 Å². The van der Waals surface area contributed by atoms with Crippen LogP contribution in [0.5, 0.6) is 0 Å². The highest BCUT2D eigenvalue weighted by Crippen LogP contribution is 2.23. The highest BCUT2D eigenvalue weighted by molar-refractivity contribution is 5.54. The summed E-state index contributed by atoms with van der Waals surface area (Å²) in [6.45, 7) is 8.06. The predicted octanol–water partition coefficient (Wildman–Crippen LogP) is 2.21. The van der Waals surface area contributed by atoms with Crippen molar-refractivity contribution < 1.29 is 0 Å². The summed E-state index contributed by atoms with van der Waals surface area (Å²) in [5.41, 5.74) is 10.7. The normalized spacial score (nSPS) is 13.2. The van der Waals surface area contributed by atoms with Gasteiger partial charge in [-0.05, 0) is 29.7 Å². The van der Waals surface area contributed by atoms with Gasteiger partial charge in [0.15, 0.2) is 0 Å². The van der Waals surface area contributed by atoms with Crippen molar-refractivity contribution in [3.63, 3.8) is 0 Å². The number of nitrogens with two attached hydrogens (primary N) is 1. The lowest BCUT2D eigenvalue weighted by atomic mass is 10.0. The lowest BCUT2D eigenvalue weighted by Gasteiger charge is -2.04. The lowest BCUT2D eigenvalue weighted by Crippen LogP contribution is -2.00. The van der Waals surface area contributed by atoms with Crippen LogP contribution in [0.15, 0.2) is 12.1 Å². The third kappa shape index (κ3) is 1.83. The molecule has 0 fully saturated rings. The Kier molecular flexibility index (Phi) is 3.32. The number of nitrogens with one attached hydrogen (secondary N) is 1. The second kappa shape index (κ2) is 4.28. The molecule has 0 unspecified atom stereocenters. The largest absolute Gasteiger partial charge is 0.399 e. The number of benzene rings is 1. The molecule has 0 bridgehead atoms. The molecular weight excluding hydrogens is 160 g/mol. The molecule has 2 nitrogen and oxygen atoms in total. The van der Waals surface area contributed by atoms with Gasteiger partial charge in [0.25, 0.3) is 0 Å². The first-order chi connectivity index (χ1) is 6.29. The van der Waals surface area contributed by atoms with E-state index in [4.69, 9.17) is 5.73 Å². The van der Waals surface area contributed by atoms with Crippen molar-refractivity contribution in [2.75, 3.05) is 5.73 Å². The Bertz CT molecular complexity index is 292. The number of fused-ring (bicyclic) bond motifs is 1. The molecule has 72 valence electrons. The van der Waals surface area contributed by atoms with E-state index in [1.807, 2.05) is 19.9 Å². The van der Waals surface area contributed by atoms with Crippen LogP contribution in [0.3, 0.4) is 0 Å². The van der Waals surface area contributed by atoms with Crippen LogP contribution in [-0.2, 0) is 13.1 Å². The van der Waals surface area contributed by atoms with Crippen molar-refractivity contribution >= 4 is 5.69 Å². The number of hydrogen-bond acceptors (Lipinski definition) is 2. The van der Waals surface area contributed by atoms with E-state index in [1.165, 1.54) is 16.7 Å². The summed E-state index contributed by atoms with van der Waals surface area (Å²) < 4.78 is 0. The Morgan fingerprint density at radius 2 is 1.92 bits per heavy atom. The summed E-state index contributed by atoms with van der Waals surface area (Å²) in [4.78, 5) is 0. The van der Waals surface area contributed by atoms with Gasteiger partial charge in [0, 0.05) is 18.8 Å². The molecule has 0 spiro atoms. The molecule has 0 aromatic heterocycles. The van der Waals surface area contributed by atoms with Crippen molar-refractivity contribution in [3.05, 3.63) is 28.8 Å². The monoisotopic (exact) mass is 178 g/mol. The van der Waals surface area contributed by atoms with E-state index in [-0.39, 0.29) is 0 Å². The molecule has 1 aliphatic rings. The predicted molar refractivity (Wildman–Crippen MR) is 57.5 cm³/mol. The van der Waals surface area contributed by atoms with Gasteiger partial charge in [0.1, 0.15) is 0 Å². The van der Waals surface area contributed by atoms with Gasteiger partial charge in [-0.15, -0.1) is 0 Å². The Morgan fingerprint density at radius 1 is 1.23 bits per heavy atom. The van der Waals surface area contributed by atoms with Gasteiger partial charge < -0.3 is 11.1 Å². The van der Waals surface area contributed by atoms with Crippen LogP contribution in [0.2, 0.25) is 0 Å². The molecular formula is C11H18N2. The van der Waals surface area contributed by atoms with Crippen molar-refractivity contribution in [3.8, 4) is 0 Å². The molecule has 1 aromatic rings. The van der Waals surface area contributed by atoms with Gasteiger partial charge >= 0.3 is 0 Å². The molecule has 0 saturated carbocycles. The van der Waals surface area contributed by atoms with E-state index in [9.17, 15) is 0 Å². The highest BCUT2D eigenvalue weighted by Gasteiger charge is 2.12. The standard InChI is InChI=1S/C9H12N2.C2H6/c1-6-8-5-11-4-7(8)2-3-9(6)10;1-2/h2-3,11H,4-5,10H2,1H3;1-2H3. The average molecular weight is 178 g/mol. The van der Waals surface area contributed by atoms with Crippen molar-refractivity contribution in [1.29, 1.82) is 0 Å². The van der Waals surface area contributed by atoms with Crippen molar-refractivity contribution in [2.45, 2.75) is 33.9 Å². The second-order valence-electron chi connectivity index (χ2n) is 3.02. The molecule has 1 heterocycles. The van der Waals surface area contributed by atoms with Crippen LogP contribution < -0.4 is 11.1 Å².